The van der Waals surface area contributed by atoms with Crippen LogP contribution >= 0.6 is 24.0 Å². The SMILES string of the molecule is CCc1ccccc1CNC(=NC)NCc1cccc(S(=O)(=O)NCCOC)c1.I. The van der Waals surface area contributed by atoms with E-state index in [0.717, 1.165) is 12.0 Å². The maximum Gasteiger partial charge on any atom is 0.240 e. The molecule has 30 heavy (non-hydrogen) atoms. The van der Waals surface area contributed by atoms with Crippen molar-refractivity contribution < 1.29 is 13.2 Å². The summed E-state index contributed by atoms with van der Waals surface area (Å²) in [7, 11) is -0.317. The highest BCUT2D eigenvalue weighted by Gasteiger charge is 2.13. The molecule has 0 radical (unpaired) electrons. The first-order chi connectivity index (χ1) is 14.0. The first-order valence-corrected chi connectivity index (χ1v) is 11.1. The standard InChI is InChI=1S/C21H30N4O3S.HI/c1-4-18-9-5-6-10-19(18)16-24-21(22-2)23-15-17-8-7-11-20(14-17)29(26,27)25-12-13-28-3;/h5-11,14,25H,4,12-13,15-16H2,1-3H3,(H2,22,23,24);1H. The Morgan fingerprint density at radius 3 is 2.40 bits per heavy atom. The quantitative estimate of drug-likeness (QED) is 0.185. The number of halogens is 1. The molecule has 7 nitrogen and oxygen atoms in total. The zero-order valence-corrected chi connectivity index (χ0v) is 20.8. The van der Waals surface area contributed by atoms with Gasteiger partial charge in [0.05, 0.1) is 11.5 Å². The maximum atomic E-state index is 12.4. The summed E-state index contributed by atoms with van der Waals surface area (Å²) in [6.45, 7) is 3.82. The van der Waals surface area contributed by atoms with Crippen LogP contribution in [0.3, 0.4) is 0 Å². The highest BCUT2D eigenvalue weighted by atomic mass is 127. The average Bonchev–Trinajstić information content (AvgIpc) is 2.74. The topological polar surface area (TPSA) is 91.8 Å². The van der Waals surface area contributed by atoms with Gasteiger partial charge in [-0.3, -0.25) is 4.99 Å². The molecule has 2 rings (SSSR count). The van der Waals surface area contributed by atoms with Crippen LogP contribution in [0.5, 0.6) is 0 Å². The number of methoxy groups -OCH3 is 1. The van der Waals surface area contributed by atoms with Crippen LogP contribution in [0.25, 0.3) is 0 Å². The summed E-state index contributed by atoms with van der Waals surface area (Å²) in [5, 5.41) is 6.53. The zero-order valence-electron chi connectivity index (χ0n) is 17.6. The summed E-state index contributed by atoms with van der Waals surface area (Å²) < 4.78 is 32.1. The number of aliphatic imine (C=N–C) groups is 1. The summed E-state index contributed by atoms with van der Waals surface area (Å²) in [5.74, 6) is 0.655. The number of rotatable bonds is 10. The summed E-state index contributed by atoms with van der Waals surface area (Å²) >= 11 is 0. The van der Waals surface area contributed by atoms with Crippen LogP contribution in [0.2, 0.25) is 0 Å². The third-order valence-electron chi connectivity index (χ3n) is 4.44. The van der Waals surface area contributed by atoms with E-state index in [4.69, 9.17) is 4.74 Å². The number of guanidine groups is 1. The van der Waals surface area contributed by atoms with Crippen molar-refractivity contribution in [2.45, 2.75) is 31.3 Å². The van der Waals surface area contributed by atoms with Crippen molar-refractivity contribution in [2.24, 2.45) is 4.99 Å². The normalized spacial score (nSPS) is 11.6. The van der Waals surface area contributed by atoms with Gasteiger partial charge in [-0.2, -0.15) is 0 Å². The Balaban J connectivity index is 0.00000450. The minimum absolute atomic E-state index is 0. The Morgan fingerprint density at radius 2 is 1.73 bits per heavy atom. The second-order valence-electron chi connectivity index (χ2n) is 6.44. The molecule has 0 fully saturated rings. The van der Waals surface area contributed by atoms with Gasteiger partial charge < -0.3 is 15.4 Å². The Kier molecular flexibility index (Phi) is 11.9. The first kappa shape index (κ1) is 26.3. The predicted octanol–water partition coefficient (Wildman–Crippen LogP) is 2.66. The second-order valence-corrected chi connectivity index (χ2v) is 8.21. The molecule has 3 N–H and O–H groups in total. The van der Waals surface area contributed by atoms with Crippen LogP contribution in [-0.4, -0.2) is 41.7 Å². The van der Waals surface area contributed by atoms with Crippen LogP contribution < -0.4 is 15.4 Å². The fourth-order valence-corrected chi connectivity index (χ4v) is 3.93. The lowest BCUT2D eigenvalue weighted by atomic mass is 10.1. The molecule has 0 unspecified atom stereocenters. The van der Waals surface area contributed by atoms with Gasteiger partial charge in [-0.25, -0.2) is 13.1 Å². The van der Waals surface area contributed by atoms with Gasteiger partial charge in [-0.1, -0.05) is 43.3 Å². The number of aryl methyl sites for hydroxylation is 1. The van der Waals surface area contributed by atoms with Gasteiger partial charge in [-0.15, -0.1) is 24.0 Å². The average molecular weight is 546 g/mol. The number of ether oxygens (including phenoxy) is 1. The number of benzene rings is 2. The molecule has 9 heteroatoms. The van der Waals surface area contributed by atoms with Crippen molar-refractivity contribution in [2.75, 3.05) is 27.3 Å². The summed E-state index contributed by atoms with van der Waals surface area (Å²) in [5.41, 5.74) is 3.37. The Hall–Kier alpha value is -1.69. The molecule has 0 aliphatic rings. The van der Waals surface area contributed by atoms with E-state index in [-0.39, 0.29) is 35.4 Å². The third kappa shape index (κ3) is 8.21. The van der Waals surface area contributed by atoms with E-state index >= 15 is 0 Å². The van der Waals surface area contributed by atoms with E-state index < -0.39 is 10.0 Å². The summed E-state index contributed by atoms with van der Waals surface area (Å²) in [6.07, 6.45) is 0.976. The third-order valence-corrected chi connectivity index (χ3v) is 5.89. The van der Waals surface area contributed by atoms with Crippen molar-refractivity contribution in [3.63, 3.8) is 0 Å². The molecule has 0 saturated carbocycles. The Labute approximate surface area is 196 Å². The minimum atomic E-state index is -3.56. The smallest absolute Gasteiger partial charge is 0.240 e. The molecule has 0 amide bonds. The lowest BCUT2D eigenvalue weighted by Gasteiger charge is -2.14. The van der Waals surface area contributed by atoms with Gasteiger partial charge in [0.25, 0.3) is 0 Å². The molecule has 0 spiro atoms. The van der Waals surface area contributed by atoms with E-state index in [0.29, 0.717) is 25.7 Å². The van der Waals surface area contributed by atoms with Gasteiger partial charge in [0.2, 0.25) is 10.0 Å². The molecule has 2 aromatic carbocycles. The molecule has 0 aromatic heterocycles. The number of nitrogens with zero attached hydrogens (tertiary/aromatic N) is 1. The monoisotopic (exact) mass is 546 g/mol. The molecule has 0 bridgehead atoms. The molecule has 0 saturated heterocycles. The second kappa shape index (κ2) is 13.6. The Morgan fingerprint density at radius 1 is 1.03 bits per heavy atom. The van der Waals surface area contributed by atoms with Gasteiger partial charge in [0.15, 0.2) is 5.96 Å². The Bertz CT molecular complexity index is 920. The zero-order chi connectivity index (χ0) is 21.1. The van der Waals surface area contributed by atoms with E-state index in [1.807, 2.05) is 18.2 Å². The molecule has 166 valence electrons. The van der Waals surface area contributed by atoms with Crippen molar-refractivity contribution >= 4 is 40.0 Å². The highest BCUT2D eigenvalue weighted by Crippen LogP contribution is 2.12. The van der Waals surface area contributed by atoms with Crippen molar-refractivity contribution in [1.29, 1.82) is 0 Å². The largest absolute Gasteiger partial charge is 0.383 e. The molecule has 0 heterocycles. The summed E-state index contributed by atoms with van der Waals surface area (Å²) in [4.78, 5) is 4.47. The molecule has 2 aromatic rings. The van der Waals surface area contributed by atoms with Gasteiger partial charge in [0, 0.05) is 33.8 Å². The van der Waals surface area contributed by atoms with E-state index in [9.17, 15) is 8.42 Å². The maximum absolute atomic E-state index is 12.4. The number of hydrogen-bond acceptors (Lipinski definition) is 4. The predicted molar refractivity (Wildman–Crippen MR) is 132 cm³/mol. The van der Waals surface area contributed by atoms with E-state index in [1.165, 1.54) is 18.2 Å². The fraction of sp³-hybridized carbons (Fsp3) is 0.381. The van der Waals surface area contributed by atoms with Crippen molar-refractivity contribution in [1.82, 2.24) is 15.4 Å². The molecule has 0 aliphatic carbocycles. The van der Waals surface area contributed by atoms with Crippen LogP contribution in [0.4, 0.5) is 0 Å². The van der Waals surface area contributed by atoms with Gasteiger partial charge >= 0.3 is 0 Å². The number of sulfonamides is 1. The molecular formula is C21H31IN4O3S. The summed E-state index contributed by atoms with van der Waals surface area (Å²) in [6, 6.07) is 15.1. The van der Waals surface area contributed by atoms with Crippen LogP contribution in [0, 0.1) is 0 Å². The highest BCUT2D eigenvalue weighted by molar-refractivity contribution is 14.0. The molecule has 0 aliphatic heterocycles. The van der Waals surface area contributed by atoms with E-state index in [2.05, 4.69) is 39.4 Å². The van der Waals surface area contributed by atoms with Crippen LogP contribution in [-0.2, 0) is 34.3 Å². The van der Waals surface area contributed by atoms with Crippen LogP contribution in [0.15, 0.2) is 58.4 Å². The number of hydrogen-bond donors (Lipinski definition) is 3. The minimum Gasteiger partial charge on any atom is -0.383 e. The van der Waals surface area contributed by atoms with Gasteiger partial charge in [0.1, 0.15) is 0 Å². The first-order valence-electron chi connectivity index (χ1n) is 9.59. The van der Waals surface area contributed by atoms with Crippen molar-refractivity contribution in [3.8, 4) is 0 Å². The van der Waals surface area contributed by atoms with Gasteiger partial charge in [-0.05, 0) is 35.2 Å². The lowest BCUT2D eigenvalue weighted by Crippen LogP contribution is -2.36. The van der Waals surface area contributed by atoms with Crippen LogP contribution in [0.1, 0.15) is 23.6 Å². The van der Waals surface area contributed by atoms with Crippen molar-refractivity contribution in [3.05, 3.63) is 65.2 Å². The molecule has 0 atom stereocenters. The fourth-order valence-electron chi connectivity index (χ4n) is 2.84. The number of nitrogens with one attached hydrogen (secondary N) is 3. The van der Waals surface area contributed by atoms with E-state index in [1.54, 1.807) is 25.2 Å². The molecular weight excluding hydrogens is 515 g/mol. The lowest BCUT2D eigenvalue weighted by molar-refractivity contribution is 0.204.